The molecular weight excluding hydrogens is 518 g/mol. The van der Waals surface area contributed by atoms with E-state index in [1.165, 1.54) is 23.6 Å². The Hall–Kier alpha value is -3.83. The van der Waals surface area contributed by atoms with Crippen molar-refractivity contribution in [3.63, 3.8) is 0 Å². The van der Waals surface area contributed by atoms with Gasteiger partial charge in [0.25, 0.3) is 0 Å². The first-order valence-electron chi connectivity index (χ1n) is 14.9. The molecule has 1 saturated heterocycles. The minimum absolute atomic E-state index is 0.167. The smallest absolute Gasteiger partial charge is 0.164 e. The molecule has 1 aliphatic heterocycles. The van der Waals surface area contributed by atoms with Gasteiger partial charge < -0.3 is 9.84 Å². The first kappa shape index (κ1) is 31.1. The van der Waals surface area contributed by atoms with Gasteiger partial charge in [0.05, 0.1) is 18.0 Å². The van der Waals surface area contributed by atoms with Crippen molar-refractivity contribution in [3.8, 4) is 34.2 Å². The van der Waals surface area contributed by atoms with Crippen molar-refractivity contribution >= 4 is 0 Å². The van der Waals surface area contributed by atoms with Crippen LogP contribution in [0.5, 0.6) is 0 Å². The van der Waals surface area contributed by atoms with Gasteiger partial charge in [0, 0.05) is 22.6 Å². The third-order valence-corrected chi connectivity index (χ3v) is 7.96. The summed E-state index contributed by atoms with van der Waals surface area (Å²) in [6.45, 7) is 19.9. The number of aryl methyl sites for hydroxylation is 4. The highest BCUT2D eigenvalue weighted by Crippen LogP contribution is 2.38. The largest absolute Gasteiger partial charge is 0.513 e. The van der Waals surface area contributed by atoms with Gasteiger partial charge in [-0.05, 0) is 70.1 Å². The van der Waals surface area contributed by atoms with E-state index in [0.717, 1.165) is 40.7 Å². The third kappa shape index (κ3) is 7.32. The van der Waals surface area contributed by atoms with E-state index in [0.29, 0.717) is 29.5 Å². The molecule has 1 aliphatic rings. The van der Waals surface area contributed by atoms with Crippen LogP contribution in [0, 0.1) is 33.6 Å². The normalized spacial score (nSPS) is 17.1. The fourth-order valence-electron chi connectivity index (χ4n) is 5.71. The van der Waals surface area contributed by atoms with Crippen LogP contribution in [-0.4, -0.2) is 32.3 Å². The van der Waals surface area contributed by atoms with E-state index in [1.807, 2.05) is 0 Å². The van der Waals surface area contributed by atoms with Crippen LogP contribution in [0.3, 0.4) is 0 Å². The van der Waals surface area contributed by atoms with Crippen LogP contribution < -0.4 is 0 Å². The first-order chi connectivity index (χ1) is 19.9. The highest BCUT2D eigenvalue weighted by molar-refractivity contribution is 5.71. The summed E-state index contributed by atoms with van der Waals surface area (Å²) in [6, 6.07) is 21.4. The highest BCUT2D eigenvalue weighted by atomic mass is 16.5. The number of allylic oxidation sites excluding steroid dienone is 1. The van der Waals surface area contributed by atoms with Crippen molar-refractivity contribution in [1.82, 2.24) is 15.0 Å². The fraction of sp³-hybridized carbons (Fsp3) is 0.378. The lowest BCUT2D eigenvalue weighted by molar-refractivity contribution is 0.00908. The molecule has 5 heteroatoms. The Morgan fingerprint density at radius 3 is 1.64 bits per heavy atom. The number of aliphatic hydroxyl groups excluding tert-OH is 1. The van der Waals surface area contributed by atoms with Crippen molar-refractivity contribution in [2.75, 3.05) is 0 Å². The maximum Gasteiger partial charge on any atom is 0.164 e. The summed E-state index contributed by atoms with van der Waals surface area (Å²) < 4.78 is 6.52. The SMILES string of the molecule is C=C(C)O.Cc1ccc(-c2nc(-c3ccc(C)cc3C)nc(-c3ccccc3C(C)C3CCC(C(C)C)O3)n2)c(C)c1. The van der Waals surface area contributed by atoms with Gasteiger partial charge in [0.15, 0.2) is 17.5 Å². The monoisotopic (exact) mass is 563 g/mol. The number of aliphatic hydroxyl groups is 1. The maximum absolute atomic E-state index is 7.86. The lowest BCUT2D eigenvalue weighted by Gasteiger charge is -2.24. The molecule has 42 heavy (non-hydrogen) atoms. The minimum atomic E-state index is 0.167. The Kier molecular flexibility index (Phi) is 9.95. The molecule has 3 unspecified atom stereocenters. The highest BCUT2D eigenvalue weighted by Gasteiger charge is 2.33. The summed E-state index contributed by atoms with van der Waals surface area (Å²) in [5, 5.41) is 7.86. The van der Waals surface area contributed by atoms with Crippen LogP contribution in [0.15, 0.2) is 73.0 Å². The van der Waals surface area contributed by atoms with Crippen LogP contribution in [-0.2, 0) is 4.74 Å². The molecule has 0 saturated carbocycles. The Morgan fingerprint density at radius 2 is 1.19 bits per heavy atom. The number of hydrogen-bond acceptors (Lipinski definition) is 5. The number of hydrogen-bond donors (Lipinski definition) is 1. The summed E-state index contributed by atoms with van der Waals surface area (Å²) in [4.78, 5) is 15.2. The lowest BCUT2D eigenvalue weighted by atomic mass is 9.89. The summed E-state index contributed by atoms with van der Waals surface area (Å²) in [7, 11) is 0. The topological polar surface area (TPSA) is 68.1 Å². The lowest BCUT2D eigenvalue weighted by Crippen LogP contribution is -2.21. The predicted octanol–water partition coefficient (Wildman–Crippen LogP) is 9.49. The molecule has 3 atom stereocenters. The van der Waals surface area contributed by atoms with E-state index in [-0.39, 0.29) is 17.8 Å². The number of benzene rings is 3. The quantitative estimate of drug-likeness (QED) is 0.237. The molecule has 220 valence electrons. The third-order valence-electron chi connectivity index (χ3n) is 7.96. The average Bonchev–Trinajstić information content (AvgIpc) is 3.43. The maximum atomic E-state index is 7.86. The summed E-state index contributed by atoms with van der Waals surface area (Å²) in [5.41, 5.74) is 9.13. The molecule has 0 radical (unpaired) electrons. The molecule has 0 amide bonds. The van der Waals surface area contributed by atoms with Gasteiger partial charge in [-0.2, -0.15) is 0 Å². The molecule has 4 aromatic rings. The van der Waals surface area contributed by atoms with Crippen LogP contribution >= 0.6 is 0 Å². The van der Waals surface area contributed by atoms with Crippen molar-refractivity contribution in [1.29, 1.82) is 0 Å². The Morgan fingerprint density at radius 1 is 0.738 bits per heavy atom. The van der Waals surface area contributed by atoms with E-state index in [2.05, 4.69) is 116 Å². The second-order valence-electron chi connectivity index (χ2n) is 12.1. The van der Waals surface area contributed by atoms with Gasteiger partial charge in [-0.25, -0.2) is 15.0 Å². The zero-order valence-electron chi connectivity index (χ0n) is 26.4. The second kappa shape index (κ2) is 13.4. The van der Waals surface area contributed by atoms with Gasteiger partial charge >= 0.3 is 0 Å². The molecule has 0 aliphatic carbocycles. The standard InChI is InChI=1S/C34H39N3O.C3H6O/c1-20(2)30-16-17-31(38-30)25(7)28-10-8-9-11-29(28)34-36-32(26-14-12-21(3)18-23(26)5)35-33(37-34)27-15-13-22(4)19-24(27)6;1-3(2)4/h8-15,18-20,25,30-31H,16-17H2,1-7H3;4H,1H2,2H3. The van der Waals surface area contributed by atoms with Crippen LogP contribution in [0.4, 0.5) is 0 Å². The number of rotatable bonds is 6. The Bertz CT molecular complexity index is 1490. The summed E-state index contributed by atoms with van der Waals surface area (Å²) in [6.07, 6.45) is 2.73. The molecule has 0 bridgehead atoms. The van der Waals surface area contributed by atoms with Crippen LogP contribution in [0.25, 0.3) is 34.2 Å². The van der Waals surface area contributed by atoms with E-state index < -0.39 is 0 Å². The number of aromatic nitrogens is 3. The Labute approximate surface area is 251 Å². The van der Waals surface area contributed by atoms with Gasteiger partial charge in [-0.15, -0.1) is 0 Å². The molecule has 1 aromatic heterocycles. The predicted molar refractivity (Wildman–Crippen MR) is 174 cm³/mol. The van der Waals surface area contributed by atoms with Crippen LogP contribution in [0.1, 0.15) is 74.3 Å². The molecule has 2 heterocycles. The zero-order chi connectivity index (χ0) is 30.6. The molecule has 1 fully saturated rings. The molecule has 3 aromatic carbocycles. The summed E-state index contributed by atoms with van der Waals surface area (Å²) in [5.74, 6) is 3.07. The Balaban J connectivity index is 0.000000952. The molecule has 0 spiro atoms. The second-order valence-corrected chi connectivity index (χ2v) is 12.1. The fourth-order valence-corrected chi connectivity index (χ4v) is 5.71. The first-order valence-corrected chi connectivity index (χ1v) is 14.9. The number of nitrogens with zero attached hydrogens (tertiary/aromatic N) is 3. The van der Waals surface area contributed by atoms with Crippen molar-refractivity contribution < 1.29 is 9.84 Å². The van der Waals surface area contributed by atoms with Crippen molar-refractivity contribution in [2.45, 2.75) is 86.4 Å². The molecular formula is C37H45N3O2. The van der Waals surface area contributed by atoms with E-state index >= 15 is 0 Å². The van der Waals surface area contributed by atoms with Crippen LogP contribution in [0.2, 0.25) is 0 Å². The van der Waals surface area contributed by atoms with Crippen molar-refractivity contribution in [3.05, 3.63) is 101 Å². The molecule has 5 rings (SSSR count). The number of ether oxygens (including phenoxy) is 1. The van der Waals surface area contributed by atoms with Gasteiger partial charge in [0.1, 0.15) is 0 Å². The summed E-state index contributed by atoms with van der Waals surface area (Å²) >= 11 is 0. The minimum Gasteiger partial charge on any atom is -0.513 e. The van der Waals surface area contributed by atoms with E-state index in [4.69, 9.17) is 24.8 Å². The van der Waals surface area contributed by atoms with E-state index in [1.54, 1.807) is 0 Å². The van der Waals surface area contributed by atoms with Crippen molar-refractivity contribution in [2.24, 2.45) is 5.92 Å². The average molecular weight is 564 g/mol. The van der Waals surface area contributed by atoms with E-state index in [9.17, 15) is 0 Å². The molecule has 5 nitrogen and oxygen atoms in total. The van der Waals surface area contributed by atoms with Gasteiger partial charge in [-0.1, -0.05) is 99.1 Å². The van der Waals surface area contributed by atoms with Gasteiger partial charge in [0.2, 0.25) is 0 Å². The van der Waals surface area contributed by atoms with Gasteiger partial charge in [-0.3, -0.25) is 0 Å². The molecule has 1 N–H and O–H groups in total. The zero-order valence-corrected chi connectivity index (χ0v) is 26.4.